The monoisotopic (exact) mass is 294 g/mol. The van der Waals surface area contributed by atoms with Crippen molar-refractivity contribution in [3.05, 3.63) is 16.0 Å². The molecule has 0 aliphatic rings. The number of halogens is 3. The molecular weight excluding hydrogens is 289 g/mol. The number of ether oxygens (including phenoxy) is 1. The molecule has 0 saturated heterocycles. The van der Waals surface area contributed by atoms with Crippen LogP contribution in [-0.4, -0.2) is 74.1 Å². The number of carbonyl (C=O) groups is 1. The van der Waals surface area contributed by atoms with Crippen LogP contribution in [0.1, 0.15) is 0 Å². The Morgan fingerprint density at radius 3 is 2.56 bits per heavy atom. The minimum atomic E-state index is -1.25. The van der Waals surface area contributed by atoms with E-state index in [0.29, 0.717) is 0 Å². The van der Waals surface area contributed by atoms with Gasteiger partial charge >= 0.3 is 57.4 Å². The molecule has 0 atom stereocenters. The molecule has 0 unspecified atom stereocenters. The molecule has 0 aliphatic heterocycles. The summed E-state index contributed by atoms with van der Waals surface area (Å²) < 4.78 is 17.5. The number of pyridine rings is 1. The summed E-state index contributed by atoms with van der Waals surface area (Å²) in [4.78, 5) is 13.4. The van der Waals surface area contributed by atoms with Crippen molar-refractivity contribution >= 4 is 86.2 Å². The van der Waals surface area contributed by atoms with Crippen molar-refractivity contribution in [2.75, 3.05) is 12.3 Å². The Kier molecular flexibility index (Phi) is 7.11. The molecule has 0 aliphatic carbocycles. The van der Waals surface area contributed by atoms with E-state index in [1.807, 2.05) is 0 Å². The first kappa shape index (κ1) is 16.4. The molecule has 1 aromatic rings. The van der Waals surface area contributed by atoms with E-state index in [1.54, 1.807) is 0 Å². The third kappa shape index (κ3) is 3.99. The first-order valence-electron chi connectivity index (χ1n) is 3.58. The number of carboxylic acids is 1. The first-order chi connectivity index (χ1) is 6.93. The number of carboxylic acid groups (broad SMARTS) is 1. The molecular formula is C7H6Cl2FKN2O3. The van der Waals surface area contributed by atoms with E-state index in [4.69, 9.17) is 34.0 Å². The van der Waals surface area contributed by atoms with E-state index >= 15 is 0 Å². The molecule has 5 nitrogen and oxygen atoms in total. The standard InChI is InChI=1S/C7H5Cl2FN2O3.K.H/c8-3-5(11)4(9)7(12-6(3)10)15-1-2(13)14;;/h1H2,(H2,11,12)(H,13,14);;. The molecule has 1 aromatic heterocycles. The third-order valence-electron chi connectivity index (χ3n) is 1.37. The van der Waals surface area contributed by atoms with Gasteiger partial charge in [-0.05, 0) is 0 Å². The van der Waals surface area contributed by atoms with Crippen LogP contribution in [0.5, 0.6) is 5.88 Å². The van der Waals surface area contributed by atoms with Gasteiger partial charge in [-0.25, -0.2) is 4.79 Å². The number of hydrogen-bond acceptors (Lipinski definition) is 4. The summed E-state index contributed by atoms with van der Waals surface area (Å²) in [5.41, 5.74) is 5.07. The summed E-state index contributed by atoms with van der Waals surface area (Å²) in [6, 6.07) is 0. The van der Waals surface area contributed by atoms with E-state index in [1.165, 1.54) is 0 Å². The van der Waals surface area contributed by atoms with Gasteiger partial charge in [0.05, 0.1) is 5.69 Å². The summed E-state index contributed by atoms with van der Waals surface area (Å²) in [5.74, 6) is -2.72. The van der Waals surface area contributed by atoms with Gasteiger partial charge in [0.2, 0.25) is 11.8 Å². The fraction of sp³-hybridized carbons (Fsp3) is 0.143. The molecule has 0 fully saturated rings. The van der Waals surface area contributed by atoms with Gasteiger partial charge in [-0.2, -0.15) is 9.37 Å². The van der Waals surface area contributed by atoms with Crippen molar-refractivity contribution in [1.29, 1.82) is 0 Å². The molecule has 0 radical (unpaired) electrons. The Labute approximate surface area is 142 Å². The fourth-order valence-electron chi connectivity index (χ4n) is 0.736. The van der Waals surface area contributed by atoms with E-state index in [2.05, 4.69) is 9.72 Å². The van der Waals surface area contributed by atoms with E-state index in [9.17, 15) is 9.18 Å². The summed E-state index contributed by atoms with van der Waals surface area (Å²) in [7, 11) is 0. The SMILES string of the molecule is Nc1c(Cl)c(F)nc(OCC(=O)O)c1Cl.[KH]. The second-order valence-corrected chi connectivity index (χ2v) is 3.19. The zero-order chi connectivity index (χ0) is 11.6. The third-order valence-corrected chi connectivity index (χ3v) is 2.10. The normalized spacial score (nSPS) is 9.44. The number of nitrogens with two attached hydrogens (primary N) is 1. The Balaban J connectivity index is 0.00000225. The first-order valence-corrected chi connectivity index (χ1v) is 4.33. The fourth-order valence-corrected chi connectivity index (χ4v) is 1.11. The number of nitrogens with zero attached hydrogens (tertiary/aromatic N) is 1. The number of aromatic nitrogens is 1. The minimum absolute atomic E-state index is 0. The maximum atomic E-state index is 12.9. The summed E-state index contributed by atoms with van der Waals surface area (Å²) in [5, 5.41) is 7.66. The molecule has 16 heavy (non-hydrogen) atoms. The Hall–Kier alpha value is 0.366. The van der Waals surface area contributed by atoms with Gasteiger partial charge in [0, 0.05) is 0 Å². The molecule has 3 N–H and O–H groups in total. The molecule has 84 valence electrons. The second kappa shape index (κ2) is 6.95. The van der Waals surface area contributed by atoms with Crippen LogP contribution < -0.4 is 10.5 Å². The van der Waals surface area contributed by atoms with Crippen LogP contribution in [0.3, 0.4) is 0 Å². The predicted molar refractivity (Wildman–Crippen MR) is 58.9 cm³/mol. The number of hydrogen-bond donors (Lipinski definition) is 2. The van der Waals surface area contributed by atoms with Crippen LogP contribution in [0.4, 0.5) is 10.1 Å². The van der Waals surface area contributed by atoms with Crippen LogP contribution in [0.2, 0.25) is 10.0 Å². The van der Waals surface area contributed by atoms with Crippen LogP contribution in [0.15, 0.2) is 0 Å². The van der Waals surface area contributed by atoms with Gasteiger partial charge in [0.25, 0.3) is 0 Å². The molecule has 9 heteroatoms. The van der Waals surface area contributed by atoms with Crippen LogP contribution in [0, 0.1) is 5.95 Å². The predicted octanol–water partition coefficient (Wildman–Crippen LogP) is 0.925. The molecule has 0 saturated carbocycles. The van der Waals surface area contributed by atoms with Crippen molar-refractivity contribution in [2.24, 2.45) is 0 Å². The second-order valence-electron chi connectivity index (χ2n) is 2.43. The van der Waals surface area contributed by atoms with Crippen molar-refractivity contribution in [2.45, 2.75) is 0 Å². The Morgan fingerprint density at radius 2 is 2.06 bits per heavy atom. The number of aliphatic carboxylic acids is 1. The number of nitrogen functional groups attached to an aromatic ring is 1. The van der Waals surface area contributed by atoms with Crippen molar-refractivity contribution < 1.29 is 19.0 Å². The van der Waals surface area contributed by atoms with E-state index in [0.717, 1.165) is 0 Å². The van der Waals surface area contributed by atoms with Crippen LogP contribution >= 0.6 is 23.2 Å². The van der Waals surface area contributed by atoms with Gasteiger partial charge in [0.15, 0.2) is 6.61 Å². The van der Waals surface area contributed by atoms with Crippen molar-refractivity contribution in [1.82, 2.24) is 4.98 Å². The molecule has 0 bridgehead atoms. The molecule has 1 rings (SSSR count). The van der Waals surface area contributed by atoms with Crippen molar-refractivity contribution in [3.8, 4) is 5.88 Å². The van der Waals surface area contributed by atoms with Gasteiger partial charge in [0.1, 0.15) is 10.0 Å². The van der Waals surface area contributed by atoms with Crippen LogP contribution in [0.25, 0.3) is 0 Å². The molecule has 1 heterocycles. The van der Waals surface area contributed by atoms with E-state index < -0.39 is 29.4 Å². The van der Waals surface area contributed by atoms with Gasteiger partial charge in [-0.15, -0.1) is 0 Å². The number of rotatable bonds is 3. The topological polar surface area (TPSA) is 85.4 Å². The quantitative estimate of drug-likeness (QED) is 0.640. The average Bonchev–Trinajstić information content (AvgIpc) is 2.18. The average molecular weight is 295 g/mol. The number of anilines is 1. The summed E-state index contributed by atoms with van der Waals surface area (Å²) in [6.45, 7) is -0.701. The summed E-state index contributed by atoms with van der Waals surface area (Å²) >= 11 is 11.0. The van der Waals surface area contributed by atoms with Crippen molar-refractivity contribution in [3.63, 3.8) is 0 Å². The van der Waals surface area contributed by atoms with Crippen LogP contribution in [-0.2, 0) is 4.79 Å². The molecule has 0 spiro atoms. The Bertz CT molecular complexity index is 419. The molecule has 0 aromatic carbocycles. The zero-order valence-electron chi connectivity index (χ0n) is 7.13. The maximum absolute atomic E-state index is 12.9. The van der Waals surface area contributed by atoms with Gasteiger partial charge < -0.3 is 15.6 Å². The van der Waals surface area contributed by atoms with Gasteiger partial charge in [-0.3, -0.25) is 0 Å². The summed E-state index contributed by atoms with van der Waals surface area (Å²) in [6.07, 6.45) is 0. The molecule has 0 amide bonds. The Morgan fingerprint density at radius 1 is 1.50 bits per heavy atom. The van der Waals surface area contributed by atoms with E-state index in [-0.39, 0.29) is 62.1 Å². The zero-order valence-corrected chi connectivity index (χ0v) is 8.64. The van der Waals surface area contributed by atoms with Gasteiger partial charge in [-0.1, -0.05) is 23.2 Å².